The highest BCUT2D eigenvalue weighted by Crippen LogP contribution is 2.24. The number of rotatable bonds is 4. The number of sulfonamides is 1. The molecule has 0 saturated carbocycles. The highest BCUT2D eigenvalue weighted by atomic mass is 32.2. The smallest absolute Gasteiger partial charge is 0.261 e. The minimum Gasteiger partial charge on any atom is -0.315 e. The molecule has 0 spiro atoms. The van der Waals surface area contributed by atoms with Crippen LogP contribution in [0.3, 0.4) is 0 Å². The summed E-state index contributed by atoms with van der Waals surface area (Å²) in [6, 6.07) is 12.3. The summed E-state index contributed by atoms with van der Waals surface area (Å²) in [5.41, 5.74) is 1.58. The predicted molar refractivity (Wildman–Crippen MR) is 79.3 cm³/mol. The maximum Gasteiger partial charge on any atom is 0.261 e. The van der Waals surface area contributed by atoms with E-state index in [4.69, 9.17) is 0 Å². The highest BCUT2D eigenvalue weighted by Gasteiger charge is 2.20. The first-order valence-corrected chi connectivity index (χ1v) is 8.12. The second-order valence-corrected chi connectivity index (χ2v) is 6.73. The Hall–Kier alpha value is -1.92. The maximum absolute atomic E-state index is 13.2. The zero-order valence-corrected chi connectivity index (χ0v) is 12.0. The van der Waals surface area contributed by atoms with Crippen molar-refractivity contribution in [2.45, 2.75) is 10.8 Å². The number of benzene rings is 2. The van der Waals surface area contributed by atoms with E-state index in [2.05, 4.69) is 10.0 Å². The van der Waals surface area contributed by atoms with Crippen molar-refractivity contribution in [3.63, 3.8) is 0 Å². The van der Waals surface area contributed by atoms with Crippen LogP contribution in [-0.2, 0) is 10.0 Å². The molecule has 0 unspecified atom stereocenters. The standard InChI is InChI=1S/C15H15FN2O2S/c16-13-4-2-6-15(8-13)21(19,20)18-14-5-1-3-11(7-14)12-9-17-10-12/h1-8,12,17-18H,9-10H2. The van der Waals surface area contributed by atoms with Gasteiger partial charge in [-0.2, -0.15) is 0 Å². The molecule has 2 aromatic rings. The summed E-state index contributed by atoms with van der Waals surface area (Å²) in [6.45, 7) is 1.81. The van der Waals surface area contributed by atoms with Gasteiger partial charge in [-0.05, 0) is 35.9 Å². The van der Waals surface area contributed by atoms with Crippen molar-refractivity contribution in [2.75, 3.05) is 17.8 Å². The molecule has 21 heavy (non-hydrogen) atoms. The second kappa shape index (κ2) is 5.46. The fourth-order valence-electron chi connectivity index (χ4n) is 2.23. The lowest BCUT2D eigenvalue weighted by atomic mass is 9.94. The van der Waals surface area contributed by atoms with Gasteiger partial charge in [0.05, 0.1) is 4.90 Å². The minimum absolute atomic E-state index is 0.0850. The zero-order valence-electron chi connectivity index (χ0n) is 11.2. The van der Waals surface area contributed by atoms with E-state index in [1.54, 1.807) is 6.07 Å². The summed E-state index contributed by atoms with van der Waals surface area (Å²) in [5.74, 6) is -0.157. The van der Waals surface area contributed by atoms with Gasteiger partial charge in [-0.25, -0.2) is 12.8 Å². The summed E-state index contributed by atoms with van der Waals surface area (Å²) >= 11 is 0. The van der Waals surface area contributed by atoms with Gasteiger partial charge >= 0.3 is 0 Å². The summed E-state index contributed by atoms with van der Waals surface area (Å²) in [7, 11) is -3.77. The number of hydrogen-bond acceptors (Lipinski definition) is 3. The lowest BCUT2D eigenvalue weighted by Crippen LogP contribution is -2.39. The van der Waals surface area contributed by atoms with Crippen LogP contribution in [0.25, 0.3) is 0 Å². The van der Waals surface area contributed by atoms with Crippen LogP contribution in [0, 0.1) is 5.82 Å². The van der Waals surface area contributed by atoms with Gasteiger partial charge in [0.15, 0.2) is 0 Å². The third-order valence-electron chi connectivity index (χ3n) is 3.50. The molecule has 0 atom stereocenters. The molecule has 4 nitrogen and oxygen atoms in total. The summed E-state index contributed by atoms with van der Waals surface area (Å²) in [6.07, 6.45) is 0. The third kappa shape index (κ3) is 3.06. The number of hydrogen-bond donors (Lipinski definition) is 2. The SMILES string of the molecule is O=S(=O)(Nc1cccc(C2CNC2)c1)c1cccc(F)c1. The van der Waals surface area contributed by atoms with E-state index in [9.17, 15) is 12.8 Å². The Balaban J connectivity index is 1.85. The first-order chi connectivity index (χ1) is 10.0. The molecular weight excluding hydrogens is 291 g/mol. The van der Waals surface area contributed by atoms with E-state index in [0.29, 0.717) is 11.6 Å². The molecule has 0 bridgehead atoms. The van der Waals surface area contributed by atoms with Crippen LogP contribution in [0.4, 0.5) is 10.1 Å². The lowest BCUT2D eigenvalue weighted by molar-refractivity contribution is 0.448. The largest absolute Gasteiger partial charge is 0.315 e. The van der Waals surface area contributed by atoms with E-state index >= 15 is 0 Å². The molecule has 2 N–H and O–H groups in total. The Morgan fingerprint density at radius 2 is 1.86 bits per heavy atom. The van der Waals surface area contributed by atoms with Gasteiger partial charge in [0.2, 0.25) is 0 Å². The molecule has 0 radical (unpaired) electrons. The topological polar surface area (TPSA) is 58.2 Å². The second-order valence-electron chi connectivity index (χ2n) is 5.04. The monoisotopic (exact) mass is 306 g/mol. The van der Waals surface area contributed by atoms with Gasteiger partial charge in [-0.1, -0.05) is 18.2 Å². The Bertz CT molecular complexity index is 758. The van der Waals surface area contributed by atoms with Crippen LogP contribution in [0.1, 0.15) is 11.5 Å². The van der Waals surface area contributed by atoms with Crippen LogP contribution in [-0.4, -0.2) is 21.5 Å². The lowest BCUT2D eigenvalue weighted by Gasteiger charge is -2.27. The predicted octanol–water partition coefficient (Wildman–Crippen LogP) is 2.31. The Morgan fingerprint density at radius 1 is 1.10 bits per heavy atom. The number of nitrogens with one attached hydrogen (secondary N) is 2. The van der Waals surface area contributed by atoms with Crippen molar-refractivity contribution in [3.8, 4) is 0 Å². The van der Waals surface area contributed by atoms with E-state index < -0.39 is 15.8 Å². The summed E-state index contributed by atoms with van der Waals surface area (Å²) < 4.78 is 40.1. The zero-order chi connectivity index (χ0) is 14.9. The molecular formula is C15H15FN2O2S. The van der Waals surface area contributed by atoms with Gasteiger partial charge in [-0.15, -0.1) is 0 Å². The first kappa shape index (κ1) is 14.0. The first-order valence-electron chi connectivity index (χ1n) is 6.64. The fraction of sp³-hybridized carbons (Fsp3) is 0.200. The molecule has 1 saturated heterocycles. The van der Waals surface area contributed by atoms with Crippen molar-refractivity contribution in [1.82, 2.24) is 5.32 Å². The van der Waals surface area contributed by atoms with Gasteiger partial charge in [-0.3, -0.25) is 4.72 Å². The Kier molecular flexibility index (Phi) is 3.65. The van der Waals surface area contributed by atoms with Crippen molar-refractivity contribution in [1.29, 1.82) is 0 Å². The molecule has 3 rings (SSSR count). The Labute approximate surface area is 123 Å². The van der Waals surface area contributed by atoms with Gasteiger partial charge in [0, 0.05) is 24.7 Å². The molecule has 0 aromatic heterocycles. The average molecular weight is 306 g/mol. The van der Waals surface area contributed by atoms with E-state index in [1.807, 2.05) is 18.2 Å². The number of halogens is 1. The normalized spacial score (nSPS) is 15.5. The van der Waals surface area contributed by atoms with E-state index in [0.717, 1.165) is 24.7 Å². The molecule has 1 aliphatic rings. The van der Waals surface area contributed by atoms with Crippen LogP contribution in [0.5, 0.6) is 0 Å². The summed E-state index contributed by atoms with van der Waals surface area (Å²) in [4.78, 5) is -0.0850. The van der Waals surface area contributed by atoms with Gasteiger partial charge in [0.1, 0.15) is 5.82 Å². The van der Waals surface area contributed by atoms with Crippen molar-refractivity contribution < 1.29 is 12.8 Å². The van der Waals surface area contributed by atoms with Crippen molar-refractivity contribution in [2.24, 2.45) is 0 Å². The van der Waals surface area contributed by atoms with Gasteiger partial charge < -0.3 is 5.32 Å². The third-order valence-corrected chi connectivity index (χ3v) is 4.88. The van der Waals surface area contributed by atoms with E-state index in [-0.39, 0.29) is 4.90 Å². The van der Waals surface area contributed by atoms with Gasteiger partial charge in [0.25, 0.3) is 10.0 Å². The Morgan fingerprint density at radius 3 is 2.52 bits per heavy atom. The minimum atomic E-state index is -3.77. The average Bonchev–Trinajstić information content (AvgIpc) is 2.36. The maximum atomic E-state index is 13.2. The quantitative estimate of drug-likeness (QED) is 0.911. The molecule has 1 fully saturated rings. The number of anilines is 1. The molecule has 0 amide bonds. The van der Waals surface area contributed by atoms with Crippen molar-refractivity contribution in [3.05, 3.63) is 59.9 Å². The molecule has 6 heteroatoms. The molecule has 1 heterocycles. The highest BCUT2D eigenvalue weighted by molar-refractivity contribution is 7.92. The fourth-order valence-corrected chi connectivity index (χ4v) is 3.31. The molecule has 110 valence electrons. The molecule has 0 aliphatic carbocycles. The molecule has 2 aromatic carbocycles. The van der Waals surface area contributed by atoms with Crippen LogP contribution >= 0.6 is 0 Å². The van der Waals surface area contributed by atoms with Crippen LogP contribution in [0.15, 0.2) is 53.4 Å². The van der Waals surface area contributed by atoms with Crippen LogP contribution < -0.4 is 10.0 Å². The molecule has 1 aliphatic heterocycles. The van der Waals surface area contributed by atoms with Crippen LogP contribution in [0.2, 0.25) is 0 Å². The van der Waals surface area contributed by atoms with Crippen molar-refractivity contribution >= 4 is 15.7 Å². The van der Waals surface area contributed by atoms with E-state index in [1.165, 1.54) is 18.2 Å². The summed E-state index contributed by atoms with van der Waals surface area (Å²) in [5, 5.41) is 3.18.